The highest BCUT2D eigenvalue weighted by atomic mass is 16.7. The molecule has 0 unspecified atom stereocenters. The van der Waals surface area contributed by atoms with Gasteiger partial charge in [0.25, 0.3) is 17.1 Å². The van der Waals surface area contributed by atoms with Crippen molar-refractivity contribution in [2.75, 3.05) is 0 Å². The van der Waals surface area contributed by atoms with Crippen molar-refractivity contribution in [2.45, 2.75) is 0 Å². The number of rotatable bonds is 9. The second kappa shape index (κ2) is 9.22. The van der Waals surface area contributed by atoms with Gasteiger partial charge in [-0.1, -0.05) is 18.2 Å². The first-order chi connectivity index (χ1) is 14.8. The average molecular weight is 425 g/mol. The first-order valence-electron chi connectivity index (χ1n) is 8.55. The molecule has 0 saturated carbocycles. The molecule has 0 aliphatic carbocycles. The quantitative estimate of drug-likeness (QED) is 0.281. The van der Waals surface area contributed by atoms with Crippen molar-refractivity contribution in [3.05, 3.63) is 103 Å². The molecule has 0 amide bonds. The second-order valence-electron chi connectivity index (χ2n) is 5.91. The van der Waals surface area contributed by atoms with E-state index >= 15 is 0 Å². The highest BCUT2D eigenvalue weighted by Gasteiger charge is 2.31. The van der Waals surface area contributed by atoms with Crippen molar-refractivity contribution in [1.82, 2.24) is 0 Å². The third kappa shape index (κ3) is 5.66. The van der Waals surface area contributed by atoms with Crippen molar-refractivity contribution in [3.8, 4) is 17.2 Å². The summed E-state index contributed by atoms with van der Waals surface area (Å²) in [6.07, 6.45) is 0. The van der Waals surface area contributed by atoms with E-state index in [0.717, 1.165) is 18.2 Å². The first-order valence-corrected chi connectivity index (χ1v) is 8.55. The minimum absolute atomic E-state index is 0.00932. The van der Waals surface area contributed by atoms with Gasteiger partial charge in [-0.25, -0.2) is 0 Å². The van der Waals surface area contributed by atoms with Gasteiger partial charge in [0.2, 0.25) is 0 Å². The van der Waals surface area contributed by atoms with Crippen LogP contribution in [-0.4, -0.2) is 22.1 Å². The summed E-state index contributed by atoms with van der Waals surface area (Å²) in [6, 6.07) is 15.5. The van der Waals surface area contributed by atoms with Crippen LogP contribution in [0.5, 0.6) is 17.2 Å². The van der Waals surface area contributed by atoms with Crippen LogP contribution in [0.25, 0.3) is 0 Å². The zero-order chi connectivity index (χ0) is 22.4. The molecule has 0 radical (unpaired) electrons. The highest BCUT2D eigenvalue weighted by molar-refractivity contribution is 6.39. The van der Waals surface area contributed by atoms with E-state index in [1.54, 1.807) is 0 Å². The van der Waals surface area contributed by atoms with Gasteiger partial charge in [-0.15, -0.1) is 0 Å². The third-order valence-electron chi connectivity index (χ3n) is 3.78. The Bertz CT molecular complexity index is 1000. The van der Waals surface area contributed by atoms with Crippen molar-refractivity contribution in [1.29, 1.82) is 0 Å². The van der Waals surface area contributed by atoms with Crippen LogP contribution >= 0.6 is 0 Å². The monoisotopic (exact) mass is 425 g/mol. The number of nitro benzene ring substituents is 3. The van der Waals surface area contributed by atoms with E-state index in [4.69, 9.17) is 14.0 Å². The standard InChI is InChI=1S/C18H12BN3O9/c23-20(24)13-4-1-7-16(10-13)29-19(30-17-8-2-5-14(11-17)21(25)26)31-18-9-3-6-15(12-18)22(27)28/h1-12H. The van der Waals surface area contributed by atoms with Crippen LogP contribution in [-0.2, 0) is 0 Å². The number of hydrogen-bond acceptors (Lipinski definition) is 9. The van der Waals surface area contributed by atoms with Gasteiger partial charge in [0.05, 0.1) is 33.0 Å². The molecule has 0 heterocycles. The van der Waals surface area contributed by atoms with Crippen LogP contribution in [0.15, 0.2) is 72.8 Å². The normalized spacial score (nSPS) is 10.1. The molecule has 0 aromatic heterocycles. The van der Waals surface area contributed by atoms with Gasteiger partial charge in [-0.05, 0) is 18.2 Å². The molecule has 0 saturated heterocycles. The summed E-state index contributed by atoms with van der Waals surface area (Å²) < 4.78 is 16.6. The maximum atomic E-state index is 11.0. The van der Waals surface area contributed by atoms with Gasteiger partial charge >= 0.3 is 7.32 Å². The Morgan fingerprint density at radius 1 is 0.548 bits per heavy atom. The summed E-state index contributed by atoms with van der Waals surface area (Å²) in [7, 11) is -1.58. The number of non-ortho nitro benzene ring substituents is 3. The molecule has 0 N–H and O–H groups in total. The topological polar surface area (TPSA) is 157 Å². The summed E-state index contributed by atoms with van der Waals surface area (Å²) in [5.41, 5.74) is -0.745. The molecule has 12 nitrogen and oxygen atoms in total. The van der Waals surface area contributed by atoms with Crippen LogP contribution in [0.4, 0.5) is 17.1 Å². The predicted molar refractivity (Wildman–Crippen MR) is 107 cm³/mol. The third-order valence-corrected chi connectivity index (χ3v) is 3.78. The molecule has 0 aliphatic rings. The fourth-order valence-corrected chi connectivity index (χ4v) is 2.42. The van der Waals surface area contributed by atoms with Crippen molar-refractivity contribution < 1.29 is 28.7 Å². The van der Waals surface area contributed by atoms with Crippen LogP contribution in [0, 0.1) is 30.3 Å². The summed E-state index contributed by atoms with van der Waals surface area (Å²) in [6.45, 7) is 0. The molecular weight excluding hydrogens is 413 g/mol. The van der Waals surface area contributed by atoms with Crippen LogP contribution in [0.2, 0.25) is 0 Å². The Labute approximate surface area is 174 Å². The lowest BCUT2D eigenvalue weighted by atomic mass is 10.1. The van der Waals surface area contributed by atoms with Crippen molar-refractivity contribution in [3.63, 3.8) is 0 Å². The molecular formula is C18H12BN3O9. The Hall–Kier alpha value is -4.68. The van der Waals surface area contributed by atoms with Gasteiger partial charge in [-0.3, -0.25) is 30.3 Å². The minimum atomic E-state index is -1.58. The Balaban J connectivity index is 1.89. The number of hydrogen-bond donors (Lipinski definition) is 0. The van der Waals surface area contributed by atoms with E-state index < -0.39 is 22.1 Å². The lowest BCUT2D eigenvalue weighted by Crippen LogP contribution is -2.37. The average Bonchev–Trinajstić information content (AvgIpc) is 2.74. The molecule has 31 heavy (non-hydrogen) atoms. The Morgan fingerprint density at radius 2 is 0.839 bits per heavy atom. The molecule has 13 heteroatoms. The zero-order valence-electron chi connectivity index (χ0n) is 15.5. The van der Waals surface area contributed by atoms with E-state index in [9.17, 15) is 30.3 Å². The maximum Gasteiger partial charge on any atom is 0.864 e. The van der Waals surface area contributed by atoms with E-state index in [0.29, 0.717) is 0 Å². The molecule has 0 aliphatic heterocycles. The van der Waals surface area contributed by atoms with Crippen LogP contribution < -0.4 is 14.0 Å². The van der Waals surface area contributed by atoms with Crippen LogP contribution in [0.1, 0.15) is 0 Å². The number of benzene rings is 3. The second-order valence-corrected chi connectivity index (χ2v) is 5.91. The van der Waals surface area contributed by atoms with Gasteiger partial charge in [0.1, 0.15) is 17.2 Å². The van der Waals surface area contributed by atoms with Crippen molar-refractivity contribution >= 4 is 24.4 Å². The molecule has 3 aromatic carbocycles. The van der Waals surface area contributed by atoms with E-state index in [1.165, 1.54) is 54.6 Å². The Morgan fingerprint density at radius 3 is 1.10 bits per heavy atom. The lowest BCUT2D eigenvalue weighted by molar-refractivity contribution is -0.385. The summed E-state index contributed by atoms with van der Waals surface area (Å²) in [5, 5.41) is 33.0. The predicted octanol–water partition coefficient (Wildman–Crippen LogP) is 3.93. The first kappa shape index (κ1) is 21.0. The zero-order valence-corrected chi connectivity index (χ0v) is 15.5. The molecule has 0 fully saturated rings. The van der Waals surface area contributed by atoms with Crippen LogP contribution in [0.3, 0.4) is 0 Å². The molecule has 0 bridgehead atoms. The fourth-order valence-electron chi connectivity index (χ4n) is 2.42. The van der Waals surface area contributed by atoms with Gasteiger partial charge in [0, 0.05) is 18.2 Å². The maximum absolute atomic E-state index is 11.0. The van der Waals surface area contributed by atoms with E-state index in [1.807, 2.05) is 0 Å². The van der Waals surface area contributed by atoms with E-state index in [2.05, 4.69) is 0 Å². The molecule has 156 valence electrons. The minimum Gasteiger partial charge on any atom is -0.489 e. The van der Waals surface area contributed by atoms with E-state index in [-0.39, 0.29) is 34.3 Å². The molecule has 3 rings (SSSR count). The van der Waals surface area contributed by atoms with Gasteiger partial charge in [0.15, 0.2) is 0 Å². The fraction of sp³-hybridized carbons (Fsp3) is 0. The molecule has 0 atom stereocenters. The molecule has 3 aromatic rings. The lowest BCUT2D eigenvalue weighted by Gasteiger charge is -2.16. The van der Waals surface area contributed by atoms with Gasteiger partial charge in [-0.2, -0.15) is 0 Å². The smallest absolute Gasteiger partial charge is 0.489 e. The summed E-state index contributed by atoms with van der Waals surface area (Å²) in [4.78, 5) is 31.1. The largest absolute Gasteiger partial charge is 0.864 e. The summed E-state index contributed by atoms with van der Waals surface area (Å²) in [5.74, 6) is 0.0279. The number of nitrogens with zero attached hydrogens (tertiary/aromatic N) is 3. The Kier molecular flexibility index (Phi) is 6.26. The van der Waals surface area contributed by atoms with Crippen molar-refractivity contribution in [2.24, 2.45) is 0 Å². The molecule has 0 spiro atoms. The highest BCUT2D eigenvalue weighted by Crippen LogP contribution is 2.25. The number of nitro groups is 3. The van der Waals surface area contributed by atoms with Gasteiger partial charge < -0.3 is 14.0 Å². The summed E-state index contributed by atoms with van der Waals surface area (Å²) >= 11 is 0. The SMILES string of the molecule is O=[N+]([O-])c1cccc(OB(Oc2cccc([N+](=O)[O-])c2)Oc2cccc([N+](=O)[O-])c2)c1.